The Morgan fingerprint density at radius 2 is 1.86 bits per heavy atom. The minimum Gasteiger partial charge on any atom is -0.370 e. The monoisotopic (exact) mass is 289 g/mol. The molecule has 22 heavy (non-hydrogen) atoms. The number of rotatable bonds is 4. The smallest absolute Gasteiger partial charge is 0.0905 e. The Labute approximate surface area is 130 Å². The fraction of sp³-hybridized carbons (Fsp3) is 0.263. The zero-order valence-corrected chi connectivity index (χ0v) is 12.7. The van der Waals surface area contributed by atoms with Gasteiger partial charge in [-0.15, -0.1) is 0 Å². The van der Waals surface area contributed by atoms with Crippen molar-refractivity contribution in [3.8, 4) is 0 Å². The number of aromatic nitrogens is 2. The van der Waals surface area contributed by atoms with Crippen LogP contribution in [-0.4, -0.2) is 17.0 Å². The maximum atomic E-state index is 4.38. The normalized spacial score (nSPS) is 14.2. The summed E-state index contributed by atoms with van der Waals surface area (Å²) in [5.74, 6) is 0.823. The van der Waals surface area contributed by atoms with Crippen molar-refractivity contribution in [2.75, 3.05) is 11.9 Å². The summed E-state index contributed by atoms with van der Waals surface area (Å²) in [6, 6.07) is 13.2. The van der Waals surface area contributed by atoms with Crippen molar-refractivity contribution in [2.45, 2.75) is 25.3 Å². The lowest BCUT2D eigenvalue weighted by Crippen LogP contribution is -2.16. The van der Waals surface area contributed by atoms with Gasteiger partial charge in [0.1, 0.15) is 0 Å². The van der Waals surface area contributed by atoms with Gasteiger partial charge in [-0.1, -0.05) is 24.3 Å². The van der Waals surface area contributed by atoms with E-state index in [9.17, 15) is 0 Å². The van der Waals surface area contributed by atoms with Gasteiger partial charge < -0.3 is 4.90 Å². The molecule has 0 bridgehead atoms. The van der Waals surface area contributed by atoms with E-state index in [2.05, 4.69) is 52.2 Å². The fourth-order valence-electron chi connectivity index (χ4n) is 2.99. The van der Waals surface area contributed by atoms with Gasteiger partial charge in [-0.2, -0.15) is 0 Å². The molecule has 3 aromatic rings. The second-order valence-corrected chi connectivity index (χ2v) is 6.09. The Morgan fingerprint density at radius 1 is 1.05 bits per heavy atom. The molecule has 3 heteroatoms. The molecule has 0 spiro atoms. The van der Waals surface area contributed by atoms with Gasteiger partial charge in [0.2, 0.25) is 0 Å². The van der Waals surface area contributed by atoms with Crippen molar-refractivity contribution in [3.63, 3.8) is 0 Å². The quantitative estimate of drug-likeness (QED) is 0.722. The first-order chi connectivity index (χ1) is 10.8. The average Bonchev–Trinajstić information content (AvgIpc) is 3.40. The van der Waals surface area contributed by atoms with E-state index in [4.69, 9.17) is 0 Å². The number of nitrogens with zero attached hydrogens (tertiary/aromatic N) is 3. The molecule has 2 heterocycles. The summed E-state index contributed by atoms with van der Waals surface area (Å²) >= 11 is 0. The molecule has 0 amide bonds. The molecule has 0 unspecified atom stereocenters. The van der Waals surface area contributed by atoms with E-state index in [1.165, 1.54) is 29.7 Å². The van der Waals surface area contributed by atoms with Gasteiger partial charge in [0, 0.05) is 37.1 Å². The molecule has 0 saturated heterocycles. The molecule has 1 aliphatic rings. The number of pyridine rings is 2. The maximum absolute atomic E-state index is 4.38. The first-order valence-electron chi connectivity index (χ1n) is 7.80. The van der Waals surface area contributed by atoms with Crippen molar-refractivity contribution in [3.05, 3.63) is 66.1 Å². The highest BCUT2D eigenvalue weighted by Crippen LogP contribution is 2.40. The third-order valence-electron chi connectivity index (χ3n) is 4.38. The Morgan fingerprint density at radius 3 is 2.64 bits per heavy atom. The predicted octanol–water partition coefficient (Wildman–Crippen LogP) is 4.14. The molecule has 3 nitrogen and oxygen atoms in total. The lowest BCUT2D eigenvalue weighted by molar-refractivity contribution is 0.924. The standard InChI is InChI=1S/C19H19N3/c1-22(13-14-2-4-15(5-3-14)16-6-7-16)19-9-11-21-18-12-20-10-8-17(18)19/h2-5,8-12,16H,6-7,13H2,1H3. The Kier molecular flexibility index (Phi) is 3.26. The lowest BCUT2D eigenvalue weighted by atomic mass is 10.1. The van der Waals surface area contributed by atoms with E-state index < -0.39 is 0 Å². The summed E-state index contributed by atoms with van der Waals surface area (Å²) in [5, 5.41) is 1.15. The maximum Gasteiger partial charge on any atom is 0.0905 e. The van der Waals surface area contributed by atoms with Gasteiger partial charge in [-0.3, -0.25) is 9.97 Å². The second-order valence-electron chi connectivity index (χ2n) is 6.09. The molecular weight excluding hydrogens is 270 g/mol. The lowest BCUT2D eigenvalue weighted by Gasteiger charge is -2.21. The topological polar surface area (TPSA) is 29.0 Å². The number of hydrogen-bond acceptors (Lipinski definition) is 3. The molecule has 1 fully saturated rings. The first kappa shape index (κ1) is 13.3. The number of anilines is 1. The fourth-order valence-corrected chi connectivity index (χ4v) is 2.99. The van der Waals surface area contributed by atoms with Crippen molar-refractivity contribution in [2.24, 2.45) is 0 Å². The summed E-state index contributed by atoms with van der Waals surface area (Å²) < 4.78 is 0. The summed E-state index contributed by atoms with van der Waals surface area (Å²) in [6.07, 6.45) is 8.21. The Hall–Kier alpha value is -2.42. The summed E-state index contributed by atoms with van der Waals surface area (Å²) in [7, 11) is 2.13. The molecular formula is C19H19N3. The van der Waals surface area contributed by atoms with Crippen LogP contribution in [0.3, 0.4) is 0 Å². The van der Waals surface area contributed by atoms with Crippen LogP contribution in [0.15, 0.2) is 55.0 Å². The van der Waals surface area contributed by atoms with E-state index in [-0.39, 0.29) is 0 Å². The van der Waals surface area contributed by atoms with Crippen LogP contribution < -0.4 is 4.90 Å². The van der Waals surface area contributed by atoms with Crippen LogP contribution in [0, 0.1) is 0 Å². The molecule has 0 atom stereocenters. The van der Waals surface area contributed by atoms with E-state index >= 15 is 0 Å². The molecule has 4 rings (SSSR count). The molecule has 0 radical (unpaired) electrons. The van der Waals surface area contributed by atoms with Crippen molar-refractivity contribution >= 4 is 16.6 Å². The molecule has 0 aliphatic heterocycles. The third-order valence-corrected chi connectivity index (χ3v) is 4.38. The van der Waals surface area contributed by atoms with Gasteiger partial charge in [0.25, 0.3) is 0 Å². The highest BCUT2D eigenvalue weighted by atomic mass is 15.1. The summed E-state index contributed by atoms with van der Waals surface area (Å²) in [5.41, 5.74) is 4.97. The van der Waals surface area contributed by atoms with E-state index in [1.54, 1.807) is 0 Å². The van der Waals surface area contributed by atoms with E-state index in [0.717, 1.165) is 23.4 Å². The SMILES string of the molecule is CN(Cc1ccc(C2CC2)cc1)c1ccnc2cnccc12. The first-order valence-corrected chi connectivity index (χ1v) is 7.80. The zero-order valence-electron chi connectivity index (χ0n) is 12.7. The van der Waals surface area contributed by atoms with Crippen LogP contribution in [-0.2, 0) is 6.54 Å². The molecule has 1 saturated carbocycles. The summed E-state index contributed by atoms with van der Waals surface area (Å²) in [6.45, 7) is 0.895. The highest BCUT2D eigenvalue weighted by molar-refractivity contribution is 5.90. The van der Waals surface area contributed by atoms with Crippen LogP contribution in [0.25, 0.3) is 10.9 Å². The van der Waals surface area contributed by atoms with E-state index in [1.807, 2.05) is 24.7 Å². The molecule has 2 aromatic heterocycles. The van der Waals surface area contributed by atoms with Gasteiger partial charge in [-0.25, -0.2) is 0 Å². The second kappa shape index (κ2) is 5.41. The highest BCUT2D eigenvalue weighted by Gasteiger charge is 2.22. The number of benzene rings is 1. The van der Waals surface area contributed by atoms with Crippen molar-refractivity contribution in [1.29, 1.82) is 0 Å². The van der Waals surface area contributed by atoms with Crippen LogP contribution in [0.2, 0.25) is 0 Å². The Bertz CT molecular complexity index is 786. The molecule has 0 N–H and O–H groups in total. The van der Waals surface area contributed by atoms with Gasteiger partial charge >= 0.3 is 0 Å². The molecule has 1 aliphatic carbocycles. The van der Waals surface area contributed by atoms with Gasteiger partial charge in [-0.05, 0) is 42.0 Å². The summed E-state index contributed by atoms with van der Waals surface area (Å²) in [4.78, 5) is 10.8. The van der Waals surface area contributed by atoms with Gasteiger partial charge in [0.15, 0.2) is 0 Å². The van der Waals surface area contributed by atoms with Crippen molar-refractivity contribution < 1.29 is 0 Å². The van der Waals surface area contributed by atoms with Gasteiger partial charge in [0.05, 0.1) is 11.7 Å². The predicted molar refractivity (Wildman–Crippen MR) is 90.1 cm³/mol. The minimum absolute atomic E-state index is 0.823. The van der Waals surface area contributed by atoms with Crippen LogP contribution in [0.4, 0.5) is 5.69 Å². The number of fused-ring (bicyclic) bond motifs is 1. The minimum atomic E-state index is 0.823. The zero-order chi connectivity index (χ0) is 14.9. The molecule has 1 aromatic carbocycles. The third kappa shape index (κ3) is 2.54. The van der Waals surface area contributed by atoms with Crippen LogP contribution in [0.1, 0.15) is 29.9 Å². The van der Waals surface area contributed by atoms with Crippen molar-refractivity contribution in [1.82, 2.24) is 9.97 Å². The van der Waals surface area contributed by atoms with Crippen LogP contribution in [0.5, 0.6) is 0 Å². The molecule has 110 valence electrons. The largest absolute Gasteiger partial charge is 0.370 e. The average molecular weight is 289 g/mol. The number of hydrogen-bond donors (Lipinski definition) is 0. The van der Waals surface area contributed by atoms with E-state index in [0.29, 0.717) is 0 Å². The Balaban J connectivity index is 1.58. The van der Waals surface area contributed by atoms with Crippen LogP contribution >= 0.6 is 0 Å².